The Morgan fingerprint density at radius 2 is 2.03 bits per heavy atom. The van der Waals surface area contributed by atoms with E-state index in [0.717, 1.165) is 0 Å². The molecule has 0 spiro atoms. The summed E-state index contributed by atoms with van der Waals surface area (Å²) >= 11 is 6.27. The standard InChI is InChI=1S/C19H20ClFN4O4/c1-9(11-4-2-3-5-12(11)21)22-13-6-10(20)7-14-16(13)23-24-25(14)19-18(28)17(27)15(8-26)29-19/h2-7,9,15,17-19,22,26-28H,8H2,1H3/t9-,15+,17+,18+,19+/m0/s1. The molecule has 2 heterocycles. The van der Waals surface area contributed by atoms with E-state index in [4.69, 9.17) is 16.3 Å². The second-order valence-electron chi connectivity index (χ2n) is 6.97. The molecule has 4 N–H and O–H groups in total. The Balaban J connectivity index is 1.70. The highest BCUT2D eigenvalue weighted by molar-refractivity contribution is 6.31. The summed E-state index contributed by atoms with van der Waals surface area (Å²) in [5, 5.41) is 41.4. The van der Waals surface area contributed by atoms with Gasteiger partial charge in [-0.2, -0.15) is 0 Å². The van der Waals surface area contributed by atoms with E-state index in [0.29, 0.717) is 27.3 Å². The molecule has 0 bridgehead atoms. The lowest BCUT2D eigenvalue weighted by atomic mass is 10.1. The maximum Gasteiger partial charge on any atom is 0.181 e. The number of ether oxygens (including phenoxy) is 1. The number of fused-ring (bicyclic) bond motifs is 1. The first kappa shape index (κ1) is 20.0. The molecular formula is C19H20ClFN4O4. The Morgan fingerprint density at radius 1 is 1.28 bits per heavy atom. The molecule has 1 aliphatic heterocycles. The number of aliphatic hydroxyl groups is 3. The number of hydrogen-bond acceptors (Lipinski definition) is 7. The summed E-state index contributed by atoms with van der Waals surface area (Å²) in [6, 6.07) is 9.32. The van der Waals surface area contributed by atoms with Crippen molar-refractivity contribution < 1.29 is 24.4 Å². The van der Waals surface area contributed by atoms with Crippen molar-refractivity contribution in [3.8, 4) is 0 Å². The minimum Gasteiger partial charge on any atom is -0.394 e. The van der Waals surface area contributed by atoms with Crippen molar-refractivity contribution in [2.24, 2.45) is 0 Å². The Bertz CT molecular complexity index is 1030. The van der Waals surface area contributed by atoms with Crippen molar-refractivity contribution in [2.45, 2.75) is 37.5 Å². The Morgan fingerprint density at radius 3 is 2.72 bits per heavy atom. The number of aliphatic hydroxyl groups excluding tert-OH is 3. The minimum atomic E-state index is -1.30. The molecule has 8 nitrogen and oxygen atoms in total. The van der Waals surface area contributed by atoms with Gasteiger partial charge in [0.15, 0.2) is 6.23 Å². The zero-order valence-corrected chi connectivity index (χ0v) is 16.2. The molecule has 10 heteroatoms. The van der Waals surface area contributed by atoms with Gasteiger partial charge in [-0.15, -0.1) is 5.10 Å². The monoisotopic (exact) mass is 422 g/mol. The summed E-state index contributed by atoms with van der Waals surface area (Å²) in [4.78, 5) is 0. The molecule has 154 valence electrons. The number of hydrogen-bond donors (Lipinski definition) is 4. The number of benzene rings is 2. The van der Waals surface area contributed by atoms with E-state index in [9.17, 15) is 19.7 Å². The van der Waals surface area contributed by atoms with Gasteiger partial charge in [0.1, 0.15) is 29.6 Å². The molecule has 1 aliphatic rings. The van der Waals surface area contributed by atoms with Crippen molar-refractivity contribution in [1.82, 2.24) is 15.0 Å². The van der Waals surface area contributed by atoms with Crippen molar-refractivity contribution in [3.63, 3.8) is 0 Å². The summed E-state index contributed by atoms with van der Waals surface area (Å²) in [5.74, 6) is -0.332. The Labute approximate surface area is 170 Å². The van der Waals surface area contributed by atoms with Crippen LogP contribution < -0.4 is 5.32 Å². The van der Waals surface area contributed by atoms with E-state index in [1.54, 1.807) is 30.3 Å². The SMILES string of the molecule is C[C@H](Nc1cc(Cl)cc2c1nnn2[C@@H]1O[C@H](CO)[C@@H](O)[C@H]1O)c1ccccc1F. The summed E-state index contributed by atoms with van der Waals surface area (Å²) in [6.07, 6.45) is -4.54. The van der Waals surface area contributed by atoms with E-state index in [1.165, 1.54) is 10.7 Å². The van der Waals surface area contributed by atoms with Gasteiger partial charge < -0.3 is 25.4 Å². The van der Waals surface area contributed by atoms with Gasteiger partial charge in [-0.05, 0) is 25.1 Å². The van der Waals surface area contributed by atoms with Crippen LogP contribution in [0.25, 0.3) is 11.0 Å². The zero-order valence-electron chi connectivity index (χ0n) is 15.4. The van der Waals surface area contributed by atoms with Crippen LogP contribution >= 0.6 is 11.6 Å². The lowest BCUT2D eigenvalue weighted by molar-refractivity contribution is -0.0572. The molecule has 4 rings (SSSR count). The number of nitrogens with one attached hydrogen (secondary N) is 1. The normalized spacial score (nSPS) is 25.4. The molecule has 0 radical (unpaired) electrons. The van der Waals surface area contributed by atoms with Gasteiger partial charge >= 0.3 is 0 Å². The molecular weight excluding hydrogens is 403 g/mol. The van der Waals surface area contributed by atoms with Crippen LogP contribution in [0.1, 0.15) is 24.8 Å². The maximum atomic E-state index is 14.1. The average Bonchev–Trinajstić information content (AvgIpc) is 3.23. The first-order valence-corrected chi connectivity index (χ1v) is 9.46. The van der Waals surface area contributed by atoms with Gasteiger partial charge in [0.25, 0.3) is 0 Å². The number of aromatic nitrogens is 3. The molecule has 1 fully saturated rings. The number of nitrogens with zero attached hydrogens (tertiary/aromatic N) is 3. The third-order valence-corrected chi connectivity index (χ3v) is 5.26. The first-order valence-electron chi connectivity index (χ1n) is 9.08. The fraction of sp³-hybridized carbons (Fsp3) is 0.368. The van der Waals surface area contributed by atoms with Crippen molar-refractivity contribution in [3.05, 3.63) is 52.8 Å². The first-order chi connectivity index (χ1) is 13.9. The quantitative estimate of drug-likeness (QED) is 0.497. The van der Waals surface area contributed by atoms with Gasteiger partial charge in [0.2, 0.25) is 0 Å². The fourth-order valence-corrected chi connectivity index (χ4v) is 3.74. The topological polar surface area (TPSA) is 113 Å². The fourth-order valence-electron chi connectivity index (χ4n) is 3.52. The van der Waals surface area contributed by atoms with E-state index < -0.39 is 31.1 Å². The third kappa shape index (κ3) is 3.56. The molecule has 0 aliphatic carbocycles. The van der Waals surface area contributed by atoms with Crippen LogP contribution in [0, 0.1) is 5.82 Å². The number of halogens is 2. The molecule has 29 heavy (non-hydrogen) atoms. The predicted octanol–water partition coefficient (Wildman–Crippen LogP) is 2.01. The molecule has 0 unspecified atom stereocenters. The van der Waals surface area contributed by atoms with Gasteiger partial charge in [-0.3, -0.25) is 0 Å². The van der Waals surface area contributed by atoms with Crippen molar-refractivity contribution in [1.29, 1.82) is 0 Å². The summed E-state index contributed by atoms with van der Waals surface area (Å²) in [7, 11) is 0. The van der Waals surface area contributed by atoms with Gasteiger partial charge in [-0.1, -0.05) is 35.0 Å². The van der Waals surface area contributed by atoms with E-state index in [1.807, 2.05) is 6.92 Å². The van der Waals surface area contributed by atoms with Gasteiger partial charge in [0.05, 0.1) is 23.9 Å². The zero-order chi connectivity index (χ0) is 20.7. The second-order valence-corrected chi connectivity index (χ2v) is 7.41. The largest absolute Gasteiger partial charge is 0.394 e. The molecule has 0 amide bonds. The van der Waals surface area contributed by atoms with Crippen LogP contribution in [0.3, 0.4) is 0 Å². The predicted molar refractivity (Wildman–Crippen MR) is 104 cm³/mol. The van der Waals surface area contributed by atoms with Crippen LogP contribution in [0.4, 0.5) is 10.1 Å². The van der Waals surface area contributed by atoms with Crippen LogP contribution in [-0.4, -0.2) is 55.2 Å². The van der Waals surface area contributed by atoms with Gasteiger partial charge in [0, 0.05) is 10.6 Å². The molecule has 5 atom stereocenters. The summed E-state index contributed by atoms with van der Waals surface area (Å²) in [6.45, 7) is 1.36. The van der Waals surface area contributed by atoms with Gasteiger partial charge in [-0.25, -0.2) is 9.07 Å². The lowest BCUT2D eigenvalue weighted by Gasteiger charge is -2.18. The average molecular weight is 423 g/mol. The Hall–Kier alpha value is -2.30. The second kappa shape index (κ2) is 7.85. The van der Waals surface area contributed by atoms with Crippen molar-refractivity contribution >= 4 is 28.3 Å². The molecule has 1 saturated heterocycles. The number of anilines is 1. The van der Waals surface area contributed by atoms with Crippen LogP contribution in [0.2, 0.25) is 5.02 Å². The molecule has 2 aromatic carbocycles. The maximum absolute atomic E-state index is 14.1. The molecule has 3 aromatic rings. The van der Waals surface area contributed by atoms with E-state index >= 15 is 0 Å². The van der Waals surface area contributed by atoms with Crippen LogP contribution in [-0.2, 0) is 4.74 Å². The summed E-state index contributed by atoms with van der Waals surface area (Å²) in [5.41, 5.74) is 1.91. The highest BCUT2D eigenvalue weighted by atomic mass is 35.5. The van der Waals surface area contributed by atoms with E-state index in [-0.39, 0.29) is 11.9 Å². The number of rotatable bonds is 5. The van der Waals surface area contributed by atoms with Crippen molar-refractivity contribution in [2.75, 3.05) is 11.9 Å². The molecule has 1 aromatic heterocycles. The van der Waals surface area contributed by atoms with E-state index in [2.05, 4.69) is 15.6 Å². The van der Waals surface area contributed by atoms with Crippen LogP contribution in [0.15, 0.2) is 36.4 Å². The Kier molecular flexibility index (Phi) is 5.41. The highest BCUT2D eigenvalue weighted by Crippen LogP contribution is 2.35. The molecule has 0 saturated carbocycles. The minimum absolute atomic E-state index is 0.332. The van der Waals surface area contributed by atoms with Crippen LogP contribution in [0.5, 0.6) is 0 Å². The highest BCUT2D eigenvalue weighted by Gasteiger charge is 2.44. The third-order valence-electron chi connectivity index (χ3n) is 5.04. The summed E-state index contributed by atoms with van der Waals surface area (Å²) < 4.78 is 20.9. The lowest BCUT2D eigenvalue weighted by Crippen LogP contribution is -2.33. The smallest absolute Gasteiger partial charge is 0.181 e.